The highest BCUT2D eigenvalue weighted by Gasteiger charge is 1.99. The van der Waals surface area contributed by atoms with Gasteiger partial charge in [-0.05, 0) is 39.0 Å². The van der Waals surface area contributed by atoms with Crippen molar-refractivity contribution < 1.29 is 0 Å². The van der Waals surface area contributed by atoms with Crippen molar-refractivity contribution >= 4 is 17.7 Å². The molecule has 0 aromatic heterocycles. The molecule has 0 unspecified atom stereocenters. The van der Waals surface area contributed by atoms with Crippen molar-refractivity contribution in [3.8, 4) is 0 Å². The van der Waals surface area contributed by atoms with Crippen LogP contribution in [-0.4, -0.2) is 37.6 Å². The van der Waals surface area contributed by atoms with Gasteiger partial charge in [-0.1, -0.05) is 29.3 Å². The topological polar surface area (TPSA) is 36.4 Å². The predicted molar refractivity (Wildman–Crippen MR) is 92.0 cm³/mol. The summed E-state index contributed by atoms with van der Waals surface area (Å²) in [5.74, 6) is 1.99. The number of thioether (sulfide) groups is 1. The fourth-order valence-corrected chi connectivity index (χ4v) is 2.40. The first-order valence-electron chi connectivity index (χ1n) is 7.24. The van der Waals surface area contributed by atoms with Gasteiger partial charge in [0.05, 0.1) is 6.54 Å². The first kappa shape index (κ1) is 16.9. The molecule has 2 N–H and O–H groups in total. The molecule has 0 saturated heterocycles. The van der Waals surface area contributed by atoms with Gasteiger partial charge in [-0.3, -0.25) is 4.99 Å². The van der Waals surface area contributed by atoms with E-state index in [1.165, 1.54) is 16.7 Å². The van der Waals surface area contributed by atoms with Crippen LogP contribution in [0.5, 0.6) is 0 Å². The lowest BCUT2D eigenvalue weighted by molar-refractivity contribution is 0.803. The minimum absolute atomic E-state index is 0.861. The molecule has 0 amide bonds. The van der Waals surface area contributed by atoms with Crippen LogP contribution in [0.25, 0.3) is 0 Å². The fraction of sp³-hybridized carbons (Fsp3) is 0.562. The summed E-state index contributed by atoms with van der Waals surface area (Å²) in [6.07, 6.45) is 3.13. The second kappa shape index (κ2) is 9.70. The SMILES string of the molecule is CCNC(=NCCSC)NCCc1cc(C)cc(C)c1. The molecule has 0 saturated carbocycles. The highest BCUT2D eigenvalue weighted by atomic mass is 32.2. The van der Waals surface area contributed by atoms with Gasteiger partial charge in [0.25, 0.3) is 0 Å². The zero-order chi connectivity index (χ0) is 14.8. The quantitative estimate of drug-likeness (QED) is 0.461. The van der Waals surface area contributed by atoms with Crippen LogP contribution in [0.3, 0.4) is 0 Å². The molecule has 1 aromatic rings. The zero-order valence-electron chi connectivity index (χ0n) is 13.1. The number of benzene rings is 1. The van der Waals surface area contributed by atoms with Crippen LogP contribution in [0.2, 0.25) is 0 Å². The molecule has 0 atom stereocenters. The zero-order valence-corrected chi connectivity index (χ0v) is 13.9. The van der Waals surface area contributed by atoms with Gasteiger partial charge in [0, 0.05) is 18.8 Å². The monoisotopic (exact) mass is 293 g/mol. The molecule has 0 spiro atoms. The van der Waals surface area contributed by atoms with E-state index in [1.54, 1.807) is 0 Å². The van der Waals surface area contributed by atoms with Crippen LogP contribution >= 0.6 is 11.8 Å². The number of rotatable bonds is 7. The fourth-order valence-electron chi connectivity index (χ4n) is 2.13. The molecule has 20 heavy (non-hydrogen) atoms. The number of nitrogens with zero attached hydrogens (tertiary/aromatic N) is 1. The molecule has 0 aliphatic carbocycles. The molecule has 1 rings (SSSR count). The van der Waals surface area contributed by atoms with E-state index in [1.807, 2.05) is 11.8 Å². The minimum atomic E-state index is 0.861. The largest absolute Gasteiger partial charge is 0.357 e. The van der Waals surface area contributed by atoms with Crippen molar-refractivity contribution in [1.29, 1.82) is 0 Å². The minimum Gasteiger partial charge on any atom is -0.357 e. The smallest absolute Gasteiger partial charge is 0.191 e. The lowest BCUT2D eigenvalue weighted by atomic mass is 10.1. The third-order valence-electron chi connectivity index (χ3n) is 2.90. The molecule has 112 valence electrons. The van der Waals surface area contributed by atoms with Gasteiger partial charge in [0.15, 0.2) is 5.96 Å². The number of guanidine groups is 1. The van der Waals surface area contributed by atoms with E-state index in [4.69, 9.17) is 0 Å². The Morgan fingerprint density at radius 3 is 2.45 bits per heavy atom. The van der Waals surface area contributed by atoms with Crippen molar-refractivity contribution in [3.63, 3.8) is 0 Å². The van der Waals surface area contributed by atoms with E-state index >= 15 is 0 Å². The van der Waals surface area contributed by atoms with Gasteiger partial charge in [-0.25, -0.2) is 0 Å². The van der Waals surface area contributed by atoms with E-state index in [0.29, 0.717) is 0 Å². The Morgan fingerprint density at radius 2 is 1.85 bits per heavy atom. The highest BCUT2D eigenvalue weighted by Crippen LogP contribution is 2.08. The highest BCUT2D eigenvalue weighted by molar-refractivity contribution is 7.98. The van der Waals surface area contributed by atoms with E-state index < -0.39 is 0 Å². The molecule has 0 bridgehead atoms. The molecule has 4 heteroatoms. The Hall–Kier alpha value is -1.16. The van der Waals surface area contributed by atoms with Crippen molar-refractivity contribution in [2.45, 2.75) is 27.2 Å². The lowest BCUT2D eigenvalue weighted by Gasteiger charge is -2.11. The molecule has 0 fully saturated rings. The van der Waals surface area contributed by atoms with E-state index in [2.05, 4.69) is 60.9 Å². The van der Waals surface area contributed by atoms with Gasteiger partial charge in [-0.2, -0.15) is 11.8 Å². The van der Waals surface area contributed by atoms with E-state index in [0.717, 1.165) is 37.8 Å². The number of nitrogens with one attached hydrogen (secondary N) is 2. The third kappa shape index (κ3) is 6.85. The first-order chi connectivity index (χ1) is 9.65. The van der Waals surface area contributed by atoms with Crippen LogP contribution in [0.1, 0.15) is 23.6 Å². The summed E-state index contributed by atoms with van der Waals surface area (Å²) < 4.78 is 0. The molecular formula is C16H27N3S. The second-order valence-electron chi connectivity index (χ2n) is 4.93. The summed E-state index contributed by atoms with van der Waals surface area (Å²) in [6, 6.07) is 6.73. The van der Waals surface area contributed by atoms with Crippen molar-refractivity contribution in [2.75, 3.05) is 31.6 Å². The van der Waals surface area contributed by atoms with Crippen LogP contribution < -0.4 is 10.6 Å². The Labute approximate surface area is 127 Å². The summed E-state index contributed by atoms with van der Waals surface area (Å²) in [7, 11) is 0. The number of hydrogen-bond acceptors (Lipinski definition) is 2. The van der Waals surface area contributed by atoms with Crippen molar-refractivity contribution in [2.24, 2.45) is 4.99 Å². The van der Waals surface area contributed by atoms with Crippen molar-refractivity contribution in [3.05, 3.63) is 34.9 Å². The van der Waals surface area contributed by atoms with Gasteiger partial charge in [0.1, 0.15) is 0 Å². The van der Waals surface area contributed by atoms with Crippen LogP contribution in [-0.2, 0) is 6.42 Å². The summed E-state index contributed by atoms with van der Waals surface area (Å²) in [5.41, 5.74) is 4.05. The predicted octanol–water partition coefficient (Wildman–Crippen LogP) is 2.76. The molecule has 1 aromatic carbocycles. The summed E-state index contributed by atoms with van der Waals surface area (Å²) in [6.45, 7) is 9.06. The Bertz CT molecular complexity index is 409. The maximum absolute atomic E-state index is 4.54. The number of aryl methyl sites for hydroxylation is 2. The van der Waals surface area contributed by atoms with Gasteiger partial charge in [0.2, 0.25) is 0 Å². The third-order valence-corrected chi connectivity index (χ3v) is 3.49. The average molecular weight is 293 g/mol. The number of hydrogen-bond donors (Lipinski definition) is 2. The molecule has 3 nitrogen and oxygen atoms in total. The summed E-state index contributed by atoms with van der Waals surface area (Å²) in [4.78, 5) is 4.54. The first-order valence-corrected chi connectivity index (χ1v) is 8.63. The molecule has 0 aliphatic rings. The van der Waals surface area contributed by atoms with Gasteiger partial charge < -0.3 is 10.6 Å². The van der Waals surface area contributed by atoms with Gasteiger partial charge in [-0.15, -0.1) is 0 Å². The Kier molecular flexibility index (Phi) is 8.19. The summed E-state index contributed by atoms with van der Waals surface area (Å²) >= 11 is 1.82. The lowest BCUT2D eigenvalue weighted by Crippen LogP contribution is -2.38. The average Bonchev–Trinajstić information content (AvgIpc) is 2.38. The standard InChI is InChI=1S/C16H27N3S/c1-5-17-16(19-8-9-20-4)18-7-6-15-11-13(2)10-14(3)12-15/h10-12H,5-9H2,1-4H3,(H2,17,18,19). The molecule has 0 radical (unpaired) electrons. The van der Waals surface area contributed by atoms with Crippen LogP contribution in [0.15, 0.2) is 23.2 Å². The summed E-state index contributed by atoms with van der Waals surface area (Å²) in [5, 5.41) is 6.68. The van der Waals surface area contributed by atoms with Crippen LogP contribution in [0.4, 0.5) is 0 Å². The van der Waals surface area contributed by atoms with Crippen LogP contribution in [0, 0.1) is 13.8 Å². The second-order valence-corrected chi connectivity index (χ2v) is 5.91. The Morgan fingerprint density at radius 1 is 1.15 bits per heavy atom. The van der Waals surface area contributed by atoms with E-state index in [-0.39, 0.29) is 0 Å². The normalized spacial score (nSPS) is 11.5. The van der Waals surface area contributed by atoms with E-state index in [9.17, 15) is 0 Å². The molecule has 0 aliphatic heterocycles. The van der Waals surface area contributed by atoms with Gasteiger partial charge >= 0.3 is 0 Å². The Balaban J connectivity index is 2.44. The molecule has 0 heterocycles. The maximum Gasteiger partial charge on any atom is 0.191 e. The maximum atomic E-state index is 4.54. The number of aliphatic imine (C=N–C) groups is 1. The van der Waals surface area contributed by atoms with Crippen molar-refractivity contribution in [1.82, 2.24) is 10.6 Å². The molecular weight excluding hydrogens is 266 g/mol.